The van der Waals surface area contributed by atoms with Crippen molar-refractivity contribution >= 4 is 68.7 Å². The molecule has 3 atom stereocenters. The molecule has 0 spiro atoms. The Morgan fingerprint density at radius 2 is 0.935 bits per heavy atom. The molecule has 0 fully saturated rings. The van der Waals surface area contributed by atoms with Crippen molar-refractivity contribution in [3.8, 4) is 0 Å². The predicted molar refractivity (Wildman–Crippen MR) is 261 cm³/mol. The van der Waals surface area contributed by atoms with E-state index in [2.05, 4.69) is 126 Å². The van der Waals surface area contributed by atoms with E-state index >= 15 is 9.13 Å². The second-order valence-corrected chi connectivity index (χ2v) is 21.8. The lowest BCUT2D eigenvalue weighted by Gasteiger charge is -2.35. The van der Waals surface area contributed by atoms with Crippen LogP contribution in [0.1, 0.15) is 18.4 Å². The maximum Gasteiger partial charge on any atom is 0.173 e. The lowest BCUT2D eigenvalue weighted by molar-refractivity contribution is 0.590. The van der Waals surface area contributed by atoms with Gasteiger partial charge in [0.05, 0.1) is 17.1 Å². The van der Waals surface area contributed by atoms with Gasteiger partial charge in [0.1, 0.15) is 0 Å². The lowest BCUT2D eigenvalue weighted by Crippen LogP contribution is -2.34. The molecule has 0 saturated heterocycles. The number of fused-ring (bicyclic) bond motifs is 6. The summed E-state index contributed by atoms with van der Waals surface area (Å²) in [4.78, 5) is 2.42. The largest absolute Gasteiger partial charge is 0.333 e. The standard InChI is InChI=1S/C56H44N2O2P2/c1-40-38-53(57-49-34-18-14-30-45(49)46-31-15-19-35-50(46)57)54(61(59,41-22-6-2-7-23-41)42-24-8-3-9-25-42)39-55(62(60,43-26-10-4-11-27-43)44-28-12-5-13-29-44)56(40)58-51-36-20-16-32-47(51)48-33-17-21-37-52(48)58/h2-40,45,49H,1H3/t40-,45?,49?/m1/s1. The molecule has 300 valence electrons. The van der Waals surface area contributed by atoms with E-state index in [9.17, 15) is 0 Å². The molecule has 0 amide bonds. The summed E-state index contributed by atoms with van der Waals surface area (Å²) < 4.78 is 37.1. The Labute approximate surface area is 362 Å². The normalized spacial score (nSPS) is 18.7. The number of nitrogens with zero attached hydrogens (tertiary/aromatic N) is 2. The Morgan fingerprint density at radius 3 is 1.48 bits per heavy atom. The summed E-state index contributed by atoms with van der Waals surface area (Å²) in [6.45, 7) is 2.22. The van der Waals surface area contributed by atoms with Crippen molar-refractivity contribution in [2.75, 3.05) is 4.90 Å². The van der Waals surface area contributed by atoms with Crippen molar-refractivity contribution in [1.29, 1.82) is 0 Å². The third-order valence-electron chi connectivity index (χ3n) is 12.8. The van der Waals surface area contributed by atoms with Crippen molar-refractivity contribution < 1.29 is 9.13 Å². The van der Waals surface area contributed by atoms with Gasteiger partial charge in [-0.15, -0.1) is 0 Å². The van der Waals surface area contributed by atoms with E-state index in [1.165, 1.54) is 5.56 Å². The Balaban J connectivity index is 1.35. The van der Waals surface area contributed by atoms with Gasteiger partial charge in [0.25, 0.3) is 0 Å². The molecule has 4 nitrogen and oxygen atoms in total. The minimum absolute atomic E-state index is 0.0764. The SMILES string of the molecule is C[C@@H]1C=C(N2c3ccccc3C3C=CC=CC32)C(P(=O)(c2ccccc2)c2ccccc2)=CC(P(=O)(c2ccccc2)c2ccccc2)=C1n1c2ccccc2c2ccccc21. The molecule has 0 N–H and O–H groups in total. The quantitative estimate of drug-likeness (QED) is 0.143. The van der Waals surface area contributed by atoms with Crippen LogP contribution in [0.3, 0.4) is 0 Å². The van der Waals surface area contributed by atoms with Gasteiger partial charge < -0.3 is 18.6 Å². The van der Waals surface area contributed by atoms with Crippen LogP contribution in [-0.4, -0.2) is 10.6 Å². The van der Waals surface area contributed by atoms with Gasteiger partial charge in [0.2, 0.25) is 0 Å². The van der Waals surface area contributed by atoms with Crippen molar-refractivity contribution in [3.05, 3.63) is 252 Å². The summed E-state index contributed by atoms with van der Waals surface area (Å²) in [5, 5.41) is 6.40. The third kappa shape index (κ3) is 5.89. The summed E-state index contributed by atoms with van der Waals surface area (Å²) >= 11 is 0. The number of hydrogen-bond acceptors (Lipinski definition) is 3. The summed E-state index contributed by atoms with van der Waals surface area (Å²) in [5.74, 6) is -0.239. The fraction of sp³-hybridized carbons (Fsp3) is 0.0714. The van der Waals surface area contributed by atoms with Crippen LogP contribution < -0.4 is 26.1 Å². The summed E-state index contributed by atoms with van der Waals surface area (Å²) in [5.41, 5.74) is 6.09. The van der Waals surface area contributed by atoms with Gasteiger partial charge in [-0.1, -0.05) is 213 Å². The first-order valence-corrected chi connectivity index (χ1v) is 24.7. The van der Waals surface area contributed by atoms with Crippen LogP contribution in [0.5, 0.6) is 0 Å². The molecule has 0 saturated carbocycles. The minimum atomic E-state index is -3.78. The highest BCUT2D eigenvalue weighted by molar-refractivity contribution is 7.84. The maximum atomic E-state index is 17.4. The topological polar surface area (TPSA) is 42.3 Å². The Hall–Kier alpha value is -6.70. The molecule has 62 heavy (non-hydrogen) atoms. The second kappa shape index (κ2) is 15.3. The monoisotopic (exact) mass is 838 g/mol. The van der Waals surface area contributed by atoms with E-state index in [0.717, 1.165) is 38.9 Å². The molecular formula is C56H44N2O2P2. The number of para-hydroxylation sites is 3. The molecule has 8 aromatic rings. The highest BCUT2D eigenvalue weighted by Gasteiger charge is 2.46. The van der Waals surface area contributed by atoms with Crippen molar-refractivity contribution in [2.45, 2.75) is 18.9 Å². The van der Waals surface area contributed by atoms with Crippen LogP contribution in [-0.2, 0) is 9.13 Å². The van der Waals surface area contributed by atoms with Crippen LogP contribution >= 0.6 is 14.3 Å². The van der Waals surface area contributed by atoms with E-state index in [0.29, 0.717) is 31.8 Å². The third-order valence-corrected chi connectivity index (χ3v) is 19.0. The molecule has 0 radical (unpaired) electrons. The molecular weight excluding hydrogens is 795 g/mol. The summed E-state index contributed by atoms with van der Waals surface area (Å²) in [6.07, 6.45) is 13.3. The van der Waals surface area contributed by atoms with Gasteiger partial charge in [-0.2, -0.15) is 0 Å². The van der Waals surface area contributed by atoms with Gasteiger partial charge in [-0.25, -0.2) is 0 Å². The fourth-order valence-electron chi connectivity index (χ4n) is 10.1. The molecule has 2 heterocycles. The van der Waals surface area contributed by atoms with Gasteiger partial charge in [-0.3, -0.25) is 0 Å². The minimum Gasteiger partial charge on any atom is -0.333 e. The molecule has 1 aromatic heterocycles. The number of rotatable bonds is 8. The number of aromatic nitrogens is 1. The highest BCUT2D eigenvalue weighted by atomic mass is 31.2. The number of benzene rings is 7. The van der Waals surface area contributed by atoms with Gasteiger partial charge in [0.15, 0.2) is 14.3 Å². The van der Waals surface area contributed by atoms with Gasteiger partial charge >= 0.3 is 0 Å². The first-order chi connectivity index (χ1) is 30.5. The van der Waals surface area contributed by atoms with Crippen molar-refractivity contribution in [2.24, 2.45) is 5.92 Å². The van der Waals surface area contributed by atoms with Gasteiger partial charge in [-0.05, 0) is 29.8 Å². The number of allylic oxidation sites excluding steroid dienone is 7. The molecule has 7 aromatic carbocycles. The maximum absolute atomic E-state index is 17.4. The Kier molecular flexibility index (Phi) is 9.46. The van der Waals surface area contributed by atoms with Crippen LogP contribution in [0.4, 0.5) is 5.69 Å². The number of anilines is 1. The molecule has 2 unspecified atom stereocenters. The zero-order valence-corrected chi connectivity index (χ0v) is 36.1. The van der Waals surface area contributed by atoms with E-state index in [4.69, 9.17) is 0 Å². The van der Waals surface area contributed by atoms with Crippen molar-refractivity contribution in [1.82, 2.24) is 4.57 Å². The highest BCUT2D eigenvalue weighted by Crippen LogP contribution is 2.64. The smallest absolute Gasteiger partial charge is 0.173 e. The first kappa shape index (κ1) is 38.2. The zero-order chi connectivity index (χ0) is 41.8. The number of hydrogen-bond donors (Lipinski definition) is 0. The van der Waals surface area contributed by atoms with E-state index in [1.54, 1.807) is 0 Å². The molecule has 3 aliphatic rings. The average molecular weight is 839 g/mol. The zero-order valence-electron chi connectivity index (χ0n) is 34.3. The molecule has 1 aliphatic heterocycles. The molecule has 11 rings (SSSR count). The lowest BCUT2D eigenvalue weighted by atomic mass is 9.91. The summed E-state index contributed by atoms with van der Waals surface area (Å²) in [6, 6.07) is 65.3. The Bertz CT molecular complexity index is 3130. The first-order valence-electron chi connectivity index (χ1n) is 21.3. The molecule has 0 bridgehead atoms. The molecule has 2 aliphatic carbocycles. The van der Waals surface area contributed by atoms with Crippen LogP contribution in [0.15, 0.2) is 247 Å². The second-order valence-electron chi connectivity index (χ2n) is 16.3. The summed E-state index contributed by atoms with van der Waals surface area (Å²) in [7, 11) is -7.54. The van der Waals surface area contributed by atoms with E-state index in [-0.39, 0.29) is 17.9 Å². The average Bonchev–Trinajstić information content (AvgIpc) is 3.80. The van der Waals surface area contributed by atoms with E-state index in [1.807, 2.05) is 121 Å². The molecule has 6 heteroatoms. The van der Waals surface area contributed by atoms with E-state index < -0.39 is 14.3 Å². The van der Waals surface area contributed by atoms with Crippen LogP contribution in [0.2, 0.25) is 0 Å². The Morgan fingerprint density at radius 1 is 0.484 bits per heavy atom. The van der Waals surface area contributed by atoms with Gasteiger partial charge in [0, 0.05) is 71.5 Å². The van der Waals surface area contributed by atoms with Crippen LogP contribution in [0.25, 0.3) is 27.5 Å². The fourth-order valence-corrected chi connectivity index (χ4v) is 16.0. The van der Waals surface area contributed by atoms with Crippen molar-refractivity contribution in [3.63, 3.8) is 0 Å². The predicted octanol–water partition coefficient (Wildman–Crippen LogP) is 12.5. The van der Waals surface area contributed by atoms with Crippen LogP contribution in [0, 0.1) is 5.92 Å².